The molecule has 0 radical (unpaired) electrons. The molecule has 3 aromatic rings. The molecule has 0 saturated heterocycles. The van der Waals surface area contributed by atoms with Gasteiger partial charge in [0.1, 0.15) is 5.75 Å². The first-order valence-corrected chi connectivity index (χ1v) is 7.43. The fourth-order valence-electron chi connectivity index (χ4n) is 2.63. The highest BCUT2D eigenvalue weighted by molar-refractivity contribution is 5.83. The average Bonchev–Trinajstić information content (AvgIpc) is 2.61. The molecular weight excluding hydrogens is 324 g/mol. The lowest BCUT2D eigenvalue weighted by Crippen LogP contribution is -2.03. The molecule has 0 amide bonds. The van der Waals surface area contributed by atoms with Crippen molar-refractivity contribution in [2.75, 3.05) is 20.0 Å². The first-order chi connectivity index (χ1) is 12.0. The Bertz CT molecular complexity index is 959. The number of nitrogens with zero attached hydrogens (tertiary/aromatic N) is 3. The third-order valence-electron chi connectivity index (χ3n) is 3.81. The molecule has 0 saturated carbocycles. The summed E-state index contributed by atoms with van der Waals surface area (Å²) < 4.78 is 10.3. The molecule has 0 bridgehead atoms. The van der Waals surface area contributed by atoms with Gasteiger partial charge in [-0.05, 0) is 29.8 Å². The predicted octanol–water partition coefficient (Wildman–Crippen LogP) is 2.73. The molecule has 128 valence electrons. The smallest absolute Gasteiger partial charge is 0.311 e. The molecular formula is C17H16N4O4. The van der Waals surface area contributed by atoms with E-state index in [0.717, 1.165) is 10.9 Å². The van der Waals surface area contributed by atoms with Gasteiger partial charge in [-0.15, -0.1) is 0 Å². The Morgan fingerprint density at radius 1 is 1.12 bits per heavy atom. The zero-order valence-electron chi connectivity index (χ0n) is 13.7. The van der Waals surface area contributed by atoms with Gasteiger partial charge in [-0.3, -0.25) is 10.1 Å². The highest BCUT2D eigenvalue weighted by Gasteiger charge is 2.16. The molecule has 3 rings (SSSR count). The number of nitro benzene ring substituents is 1. The molecule has 0 fully saturated rings. The van der Waals surface area contributed by atoms with Crippen molar-refractivity contribution in [1.82, 2.24) is 9.97 Å². The lowest BCUT2D eigenvalue weighted by atomic mass is 10.0. The van der Waals surface area contributed by atoms with E-state index in [2.05, 4.69) is 9.97 Å². The van der Waals surface area contributed by atoms with Gasteiger partial charge in [0.15, 0.2) is 5.75 Å². The molecule has 0 aliphatic carbocycles. The van der Waals surface area contributed by atoms with Crippen LogP contribution in [0.15, 0.2) is 36.4 Å². The van der Waals surface area contributed by atoms with Crippen LogP contribution in [0.5, 0.6) is 11.5 Å². The molecule has 2 N–H and O–H groups in total. The van der Waals surface area contributed by atoms with Crippen LogP contribution in [-0.2, 0) is 6.42 Å². The van der Waals surface area contributed by atoms with E-state index in [4.69, 9.17) is 15.2 Å². The lowest BCUT2D eigenvalue weighted by molar-refractivity contribution is -0.385. The zero-order chi connectivity index (χ0) is 18.0. The van der Waals surface area contributed by atoms with Crippen LogP contribution in [0.3, 0.4) is 0 Å². The van der Waals surface area contributed by atoms with E-state index in [-0.39, 0.29) is 17.4 Å². The number of methoxy groups -OCH3 is 2. The molecule has 0 aliphatic heterocycles. The van der Waals surface area contributed by atoms with Gasteiger partial charge in [0.25, 0.3) is 0 Å². The fourth-order valence-corrected chi connectivity index (χ4v) is 2.63. The van der Waals surface area contributed by atoms with E-state index in [1.54, 1.807) is 31.4 Å². The summed E-state index contributed by atoms with van der Waals surface area (Å²) in [4.78, 5) is 19.2. The first-order valence-electron chi connectivity index (χ1n) is 7.43. The summed E-state index contributed by atoms with van der Waals surface area (Å²) in [6.45, 7) is 0. The minimum atomic E-state index is -0.474. The maximum absolute atomic E-state index is 11.2. The highest BCUT2D eigenvalue weighted by atomic mass is 16.6. The SMILES string of the molecule is COc1ccc2nc(N)nc(Cc3ccc(OC)c([N+](=O)[O-])c3)c2c1. The number of benzene rings is 2. The van der Waals surface area contributed by atoms with Crippen molar-refractivity contribution in [1.29, 1.82) is 0 Å². The standard InChI is InChI=1S/C17H16N4O4/c1-24-11-4-5-13-12(9-11)14(20-17(18)19-13)7-10-3-6-16(25-2)15(8-10)21(22)23/h3-6,8-9H,7H2,1-2H3,(H2,18,19,20). The van der Waals surface area contributed by atoms with Crippen LogP contribution >= 0.6 is 0 Å². The van der Waals surface area contributed by atoms with Gasteiger partial charge in [-0.25, -0.2) is 9.97 Å². The van der Waals surface area contributed by atoms with Gasteiger partial charge in [-0.1, -0.05) is 6.07 Å². The number of nitrogen functional groups attached to an aromatic ring is 1. The van der Waals surface area contributed by atoms with Crippen molar-refractivity contribution in [3.8, 4) is 11.5 Å². The topological polar surface area (TPSA) is 113 Å². The number of fused-ring (bicyclic) bond motifs is 1. The van der Waals surface area contributed by atoms with Gasteiger partial charge in [0.05, 0.1) is 30.4 Å². The normalized spacial score (nSPS) is 10.6. The Hall–Kier alpha value is -3.42. The van der Waals surface area contributed by atoms with Crippen LogP contribution in [0.4, 0.5) is 11.6 Å². The maximum atomic E-state index is 11.2. The van der Waals surface area contributed by atoms with E-state index >= 15 is 0 Å². The van der Waals surface area contributed by atoms with Crippen molar-refractivity contribution in [3.63, 3.8) is 0 Å². The van der Waals surface area contributed by atoms with Crippen LogP contribution in [-0.4, -0.2) is 29.1 Å². The molecule has 0 atom stereocenters. The summed E-state index contributed by atoms with van der Waals surface area (Å²) in [5.41, 5.74) is 7.77. The van der Waals surface area contributed by atoms with Gasteiger partial charge >= 0.3 is 5.69 Å². The van der Waals surface area contributed by atoms with Crippen LogP contribution < -0.4 is 15.2 Å². The average molecular weight is 340 g/mol. The lowest BCUT2D eigenvalue weighted by Gasteiger charge is -2.09. The van der Waals surface area contributed by atoms with E-state index in [9.17, 15) is 10.1 Å². The summed E-state index contributed by atoms with van der Waals surface area (Å²) in [5, 5.41) is 12.0. The summed E-state index contributed by atoms with van der Waals surface area (Å²) in [6.07, 6.45) is 0.362. The molecule has 25 heavy (non-hydrogen) atoms. The van der Waals surface area contributed by atoms with Crippen molar-refractivity contribution in [2.24, 2.45) is 0 Å². The number of hydrogen-bond acceptors (Lipinski definition) is 7. The second-order valence-electron chi connectivity index (χ2n) is 5.35. The number of rotatable bonds is 5. The molecule has 8 nitrogen and oxygen atoms in total. The third kappa shape index (κ3) is 3.27. The van der Waals surface area contributed by atoms with Crippen LogP contribution in [0.25, 0.3) is 10.9 Å². The van der Waals surface area contributed by atoms with E-state index < -0.39 is 4.92 Å². The molecule has 1 heterocycles. The van der Waals surface area contributed by atoms with E-state index in [0.29, 0.717) is 23.4 Å². The van der Waals surface area contributed by atoms with E-state index in [1.807, 2.05) is 6.07 Å². The highest BCUT2D eigenvalue weighted by Crippen LogP contribution is 2.30. The third-order valence-corrected chi connectivity index (χ3v) is 3.81. The minimum Gasteiger partial charge on any atom is -0.497 e. The molecule has 2 aromatic carbocycles. The number of nitro groups is 1. The Morgan fingerprint density at radius 2 is 1.92 bits per heavy atom. The number of nitrogens with two attached hydrogens (primary N) is 1. The zero-order valence-corrected chi connectivity index (χ0v) is 13.7. The molecule has 0 aliphatic rings. The minimum absolute atomic E-state index is 0.0936. The number of aromatic nitrogens is 2. The van der Waals surface area contributed by atoms with Gasteiger partial charge < -0.3 is 15.2 Å². The summed E-state index contributed by atoms with van der Waals surface area (Å²) in [7, 11) is 2.97. The van der Waals surface area contributed by atoms with E-state index in [1.165, 1.54) is 13.2 Å². The molecule has 8 heteroatoms. The Morgan fingerprint density at radius 3 is 2.60 bits per heavy atom. The van der Waals surface area contributed by atoms with Crippen molar-refractivity contribution in [2.45, 2.75) is 6.42 Å². The second kappa shape index (κ2) is 6.60. The second-order valence-corrected chi connectivity index (χ2v) is 5.35. The molecule has 0 unspecified atom stereocenters. The number of hydrogen-bond donors (Lipinski definition) is 1. The molecule has 1 aromatic heterocycles. The maximum Gasteiger partial charge on any atom is 0.311 e. The summed E-state index contributed by atoms with van der Waals surface area (Å²) >= 11 is 0. The predicted molar refractivity (Wildman–Crippen MR) is 93.0 cm³/mol. The van der Waals surface area contributed by atoms with Crippen LogP contribution in [0, 0.1) is 10.1 Å². The summed E-state index contributed by atoms with van der Waals surface area (Å²) in [6, 6.07) is 10.2. The van der Waals surface area contributed by atoms with Crippen molar-refractivity contribution in [3.05, 3.63) is 57.8 Å². The number of anilines is 1. The summed E-state index contributed by atoms with van der Waals surface area (Å²) in [5.74, 6) is 1.03. The van der Waals surface area contributed by atoms with Crippen LogP contribution in [0.2, 0.25) is 0 Å². The van der Waals surface area contributed by atoms with Gasteiger partial charge in [0, 0.05) is 17.9 Å². The fraction of sp³-hybridized carbons (Fsp3) is 0.176. The molecule has 0 spiro atoms. The monoisotopic (exact) mass is 340 g/mol. The Balaban J connectivity index is 2.08. The van der Waals surface area contributed by atoms with Crippen molar-refractivity contribution < 1.29 is 14.4 Å². The first kappa shape index (κ1) is 16.4. The van der Waals surface area contributed by atoms with Crippen molar-refractivity contribution >= 4 is 22.5 Å². The number of ether oxygens (including phenoxy) is 2. The van der Waals surface area contributed by atoms with Crippen LogP contribution in [0.1, 0.15) is 11.3 Å². The Kier molecular flexibility index (Phi) is 4.34. The van der Waals surface area contributed by atoms with Gasteiger partial charge in [-0.2, -0.15) is 0 Å². The quantitative estimate of drug-likeness (QED) is 0.561. The largest absolute Gasteiger partial charge is 0.497 e. The van der Waals surface area contributed by atoms with Gasteiger partial charge in [0.2, 0.25) is 5.95 Å². The Labute approximate surface area is 143 Å².